The zero-order valence-electron chi connectivity index (χ0n) is 30.9. The highest BCUT2D eigenvalue weighted by molar-refractivity contribution is 8.02. The van der Waals surface area contributed by atoms with Gasteiger partial charge in [0, 0.05) is 47.9 Å². The number of aliphatic carboxylic acids is 3. The van der Waals surface area contributed by atoms with E-state index in [-0.39, 0.29) is 33.9 Å². The first-order chi connectivity index (χ1) is 27.1. The predicted molar refractivity (Wildman–Crippen MR) is 210 cm³/mol. The maximum Gasteiger partial charge on any atom is 0.352 e. The lowest BCUT2D eigenvalue weighted by Gasteiger charge is -2.50. The Labute approximate surface area is 337 Å². The van der Waals surface area contributed by atoms with Crippen LogP contribution in [-0.2, 0) is 28.8 Å². The number of thiazole rings is 1. The van der Waals surface area contributed by atoms with Crippen molar-refractivity contribution in [1.29, 1.82) is 0 Å². The second-order valence-electron chi connectivity index (χ2n) is 14.4. The number of β-lactam (4-membered cyclic amide) rings is 1. The summed E-state index contributed by atoms with van der Waals surface area (Å²) in [5.41, 5.74) is 4.67. The van der Waals surface area contributed by atoms with E-state index in [1.807, 2.05) is 6.92 Å². The maximum absolute atomic E-state index is 16.2. The fourth-order valence-electron chi connectivity index (χ4n) is 7.02. The molecule has 3 aliphatic heterocycles. The first-order valence-corrected chi connectivity index (χ1v) is 20.7. The van der Waals surface area contributed by atoms with Crippen molar-refractivity contribution in [2.45, 2.75) is 66.7 Å². The Morgan fingerprint density at radius 2 is 2.00 bits per heavy atom. The summed E-state index contributed by atoms with van der Waals surface area (Å²) in [6.07, 6.45) is 2.19. The van der Waals surface area contributed by atoms with Gasteiger partial charge < -0.3 is 36.5 Å². The molecule has 0 bridgehead atoms. The molecule has 17 nitrogen and oxygen atoms in total. The number of hydrogen-bond acceptors (Lipinski definition) is 15. The van der Waals surface area contributed by atoms with E-state index >= 15 is 4.39 Å². The number of anilines is 1. The van der Waals surface area contributed by atoms with Crippen molar-refractivity contribution in [3.8, 4) is 0 Å². The Kier molecular flexibility index (Phi) is 11.0. The molecule has 7 rings (SSSR count). The minimum absolute atomic E-state index is 0.0128. The SMILES string of the molecule is CCN1CCNCC1c1cc2nccc(C(SC3(C(=O)O)CC3)C3=C(C(=O)O)N4C(=O)C(NC(=O)C(=NOC(C)(C)C(=O)O)c5csc(N)n5)[C@@H]4SC3)c2cc1F. The van der Waals surface area contributed by atoms with Gasteiger partial charge in [0.25, 0.3) is 11.8 Å². The number of carbonyl (C=O) groups excluding carboxylic acids is 2. The summed E-state index contributed by atoms with van der Waals surface area (Å²) < 4.78 is 15.0. The summed E-state index contributed by atoms with van der Waals surface area (Å²) >= 11 is 3.21. The third kappa shape index (κ3) is 7.53. The van der Waals surface area contributed by atoms with E-state index in [2.05, 4.69) is 30.7 Å². The summed E-state index contributed by atoms with van der Waals surface area (Å²) in [5, 5.41) is 40.1. The van der Waals surface area contributed by atoms with Crippen molar-refractivity contribution in [1.82, 2.24) is 30.4 Å². The van der Waals surface area contributed by atoms with Crippen molar-refractivity contribution < 1.29 is 48.5 Å². The van der Waals surface area contributed by atoms with Crippen LogP contribution in [0.25, 0.3) is 10.9 Å². The number of hydrogen-bond donors (Lipinski definition) is 6. The second-order valence-corrected chi connectivity index (χ2v) is 17.9. The van der Waals surface area contributed by atoms with Crippen molar-refractivity contribution in [2.24, 2.45) is 5.16 Å². The molecule has 4 atom stereocenters. The number of oxime groups is 1. The van der Waals surface area contributed by atoms with Gasteiger partial charge in [0.05, 0.1) is 16.8 Å². The van der Waals surface area contributed by atoms with Crippen LogP contribution in [0.4, 0.5) is 9.52 Å². The molecule has 5 heterocycles. The highest BCUT2D eigenvalue weighted by Crippen LogP contribution is 2.59. The van der Waals surface area contributed by atoms with Crippen LogP contribution in [0.3, 0.4) is 0 Å². The van der Waals surface area contributed by atoms with E-state index < -0.39 is 68.3 Å². The molecule has 1 aromatic carbocycles. The molecule has 302 valence electrons. The van der Waals surface area contributed by atoms with Gasteiger partial charge in [-0.15, -0.1) is 34.9 Å². The molecule has 1 saturated carbocycles. The minimum Gasteiger partial charge on any atom is -0.480 e. The van der Waals surface area contributed by atoms with Gasteiger partial charge in [0.2, 0.25) is 5.60 Å². The van der Waals surface area contributed by atoms with Gasteiger partial charge >= 0.3 is 17.9 Å². The van der Waals surface area contributed by atoms with Gasteiger partial charge in [0.15, 0.2) is 10.8 Å². The molecular formula is C36H39FN8O9S3. The number of likely N-dealkylation sites (N-methyl/N-ethyl adjacent to an activating group) is 1. The standard InChI is InChI=1S/C36H39FN8O9S3/c1-4-44-10-9-39-13-23(44)18-12-21-17(11-20(18)37)16(5-8-40-21)27(57-36(6-7-36)33(52)53)19-14-55-30-25(29(47)45(30)26(19)31(48)49)42-28(46)24(22-15-56-34(38)41-22)43-54-35(2,3)32(50)51/h5,8,11-12,15,23,25,27,30,39H,4,6-7,9-10,13-14H2,1-3H3,(H2,38,41)(H,42,46)(H,48,49)(H,50,51)(H,52,53)/t23?,25?,27?,30-/m0/s1. The Bertz CT molecular complexity index is 2250. The molecule has 21 heteroatoms. The number of nitrogen functional groups attached to an aromatic ring is 1. The normalized spacial score (nSPS) is 22.7. The first kappa shape index (κ1) is 40.4. The molecule has 0 radical (unpaired) electrons. The largest absolute Gasteiger partial charge is 0.480 e. The number of amides is 2. The van der Waals surface area contributed by atoms with Crippen LogP contribution in [0.15, 0.2) is 46.2 Å². The van der Waals surface area contributed by atoms with Crippen LogP contribution in [0.5, 0.6) is 0 Å². The van der Waals surface area contributed by atoms with E-state index in [9.17, 15) is 39.3 Å². The number of benzene rings is 1. The molecule has 7 N–H and O–H groups in total. The third-order valence-corrected chi connectivity index (χ3v) is 14.2. The first-order valence-electron chi connectivity index (χ1n) is 17.9. The number of carbonyl (C=O) groups is 5. The van der Waals surface area contributed by atoms with Gasteiger partial charge in [-0.1, -0.05) is 12.1 Å². The van der Waals surface area contributed by atoms with E-state index in [4.69, 9.17) is 10.6 Å². The molecule has 57 heavy (non-hydrogen) atoms. The Balaban J connectivity index is 1.24. The van der Waals surface area contributed by atoms with Crippen LogP contribution in [0.2, 0.25) is 0 Å². The quantitative estimate of drug-likeness (QED) is 0.0776. The number of piperazine rings is 1. The number of thioether (sulfide) groups is 2. The average molecular weight is 843 g/mol. The monoisotopic (exact) mass is 842 g/mol. The molecule has 4 aliphatic rings. The molecule has 0 spiro atoms. The van der Waals surface area contributed by atoms with Gasteiger partial charge in [-0.2, -0.15) is 0 Å². The third-order valence-electron chi connectivity index (χ3n) is 10.4. The van der Waals surface area contributed by atoms with Crippen molar-refractivity contribution in [3.63, 3.8) is 0 Å². The average Bonchev–Trinajstić information content (AvgIpc) is 3.86. The summed E-state index contributed by atoms with van der Waals surface area (Å²) in [6.45, 7) is 7.22. The lowest BCUT2D eigenvalue weighted by atomic mass is 9.94. The zero-order valence-corrected chi connectivity index (χ0v) is 33.3. The van der Waals surface area contributed by atoms with E-state index in [1.54, 1.807) is 12.1 Å². The number of halogens is 1. The molecule has 3 fully saturated rings. The number of nitrogens with two attached hydrogens (primary N) is 1. The minimum atomic E-state index is -1.83. The van der Waals surface area contributed by atoms with Crippen LogP contribution < -0.4 is 16.4 Å². The fourth-order valence-corrected chi connectivity index (χ4v) is 10.6. The number of carboxylic acids is 3. The summed E-state index contributed by atoms with van der Waals surface area (Å²) in [5.74, 6) is -6.05. The highest BCUT2D eigenvalue weighted by Gasteiger charge is 2.58. The Morgan fingerprint density at radius 3 is 2.63 bits per heavy atom. The zero-order chi connectivity index (χ0) is 41.0. The lowest BCUT2D eigenvalue weighted by Crippen LogP contribution is -2.71. The van der Waals surface area contributed by atoms with Crippen molar-refractivity contribution in [2.75, 3.05) is 37.7 Å². The number of rotatable bonds is 14. The van der Waals surface area contributed by atoms with Crippen LogP contribution >= 0.6 is 34.9 Å². The molecule has 2 aromatic heterocycles. The van der Waals surface area contributed by atoms with Gasteiger partial charge in [-0.25, -0.2) is 19.0 Å². The van der Waals surface area contributed by atoms with Gasteiger partial charge in [-0.3, -0.25) is 29.2 Å². The molecule has 1 aliphatic carbocycles. The highest BCUT2D eigenvalue weighted by atomic mass is 32.2. The molecule has 3 unspecified atom stereocenters. The molecular weight excluding hydrogens is 804 g/mol. The maximum atomic E-state index is 16.2. The molecule has 2 saturated heterocycles. The number of aromatic nitrogens is 2. The topological polar surface area (TPSA) is 250 Å². The van der Waals surface area contributed by atoms with E-state index in [1.165, 1.54) is 31.5 Å². The van der Waals surface area contributed by atoms with Gasteiger partial charge in [0.1, 0.15) is 33.4 Å². The molecule has 2 amide bonds. The Morgan fingerprint density at radius 1 is 1.25 bits per heavy atom. The number of carboxylic acid groups (broad SMARTS) is 3. The lowest BCUT2D eigenvalue weighted by molar-refractivity contribution is -0.161. The number of fused-ring (bicyclic) bond motifs is 2. The van der Waals surface area contributed by atoms with Crippen LogP contribution in [0.1, 0.15) is 61.7 Å². The van der Waals surface area contributed by atoms with Crippen molar-refractivity contribution >= 4 is 86.3 Å². The predicted octanol–water partition coefficient (Wildman–Crippen LogP) is 2.79. The summed E-state index contributed by atoms with van der Waals surface area (Å²) in [6, 6.07) is 3.21. The number of nitrogens with zero attached hydrogens (tertiary/aromatic N) is 5. The number of nitrogens with one attached hydrogen (secondary N) is 2. The smallest absolute Gasteiger partial charge is 0.352 e. The van der Waals surface area contributed by atoms with Gasteiger partial charge in [-0.05, 0) is 62.6 Å². The van der Waals surface area contributed by atoms with Crippen LogP contribution in [0, 0.1) is 5.82 Å². The molecule has 3 aromatic rings. The van der Waals surface area contributed by atoms with Crippen LogP contribution in [-0.4, -0.2) is 124 Å². The van der Waals surface area contributed by atoms with E-state index in [0.717, 1.165) is 52.8 Å². The fraction of sp³-hybridized carbons (Fsp3) is 0.444. The summed E-state index contributed by atoms with van der Waals surface area (Å²) in [4.78, 5) is 81.8. The Hall–Kier alpha value is -4.83. The van der Waals surface area contributed by atoms with E-state index in [0.29, 0.717) is 48.0 Å². The summed E-state index contributed by atoms with van der Waals surface area (Å²) in [7, 11) is 0. The van der Waals surface area contributed by atoms with Crippen molar-refractivity contribution in [3.05, 3.63) is 63.7 Å². The second kappa shape index (κ2) is 15.5. The number of pyridine rings is 1.